The van der Waals surface area contributed by atoms with Crippen LogP contribution >= 0.6 is 29.2 Å². The first-order valence-electron chi connectivity index (χ1n) is 5.00. The van der Waals surface area contributed by atoms with E-state index in [1.165, 1.54) is 0 Å². The molecule has 0 aliphatic carbocycles. The van der Waals surface area contributed by atoms with Crippen molar-refractivity contribution >= 4 is 86.5 Å². The molecule has 0 bridgehead atoms. The van der Waals surface area contributed by atoms with Gasteiger partial charge < -0.3 is 10.2 Å². The summed E-state index contributed by atoms with van der Waals surface area (Å²) >= 11 is 2.78. The molecule has 0 fully saturated rings. The summed E-state index contributed by atoms with van der Waals surface area (Å²) in [7, 11) is 0. The van der Waals surface area contributed by atoms with Gasteiger partial charge in [0.15, 0.2) is 0 Å². The minimum atomic E-state index is -0.767. The zero-order valence-electron chi connectivity index (χ0n) is 9.29. The van der Waals surface area contributed by atoms with Gasteiger partial charge in [-0.05, 0) is 12.8 Å². The Balaban J connectivity index is 0. The van der Waals surface area contributed by atoms with E-state index in [1.807, 2.05) is 22.6 Å². The van der Waals surface area contributed by atoms with Crippen molar-refractivity contribution in [3.05, 3.63) is 0 Å². The first-order valence-corrected chi connectivity index (χ1v) is 14.0. The van der Waals surface area contributed by atoms with Gasteiger partial charge in [-0.25, -0.2) is 0 Å². The van der Waals surface area contributed by atoms with Crippen molar-refractivity contribution in [3.8, 4) is 0 Å². The number of hydrogen-bond acceptors (Lipinski definition) is 2. The van der Waals surface area contributed by atoms with E-state index >= 15 is 0 Å². The Morgan fingerprint density at radius 1 is 1.12 bits per heavy atom. The summed E-state index contributed by atoms with van der Waals surface area (Å²) in [6.45, 7) is 3.12. The Labute approximate surface area is 146 Å². The molecule has 4 nitrogen and oxygen atoms in total. The van der Waals surface area contributed by atoms with Crippen LogP contribution in [-0.2, 0) is 9.59 Å². The summed E-state index contributed by atoms with van der Waals surface area (Å²) in [4.78, 5) is 20.6. The van der Waals surface area contributed by atoms with Crippen LogP contribution < -0.4 is 0 Å². The van der Waals surface area contributed by atoms with Crippen molar-refractivity contribution < 1.29 is 19.8 Å². The molecule has 7 heteroatoms. The van der Waals surface area contributed by atoms with Crippen LogP contribution in [-0.4, -0.2) is 71.5 Å². The summed E-state index contributed by atoms with van der Waals surface area (Å²) in [6.07, 6.45) is 4.22. The number of hydrogen-bond donors (Lipinski definition) is 2. The van der Waals surface area contributed by atoms with Crippen LogP contribution in [0.25, 0.3) is 0 Å². The van der Waals surface area contributed by atoms with Gasteiger partial charge in [0.2, 0.25) is 0 Å². The third-order valence-corrected chi connectivity index (χ3v) is 3.02. The molecule has 0 aromatic heterocycles. The Bertz CT molecular complexity index is 204. The second-order valence-electron chi connectivity index (χ2n) is 3.15. The zero-order valence-corrected chi connectivity index (χ0v) is 16.2. The second kappa shape index (κ2) is 14.8. The summed E-state index contributed by atoms with van der Waals surface area (Å²) in [6, 6.07) is 0. The number of carboxylic acids is 2. The van der Waals surface area contributed by atoms with Crippen molar-refractivity contribution in [3.63, 3.8) is 0 Å². The van der Waals surface area contributed by atoms with E-state index < -0.39 is 11.9 Å². The molecule has 0 saturated heterocycles. The molecule has 0 amide bonds. The summed E-state index contributed by atoms with van der Waals surface area (Å²) in [5, 5.41) is 16.9. The molecule has 0 spiro atoms. The van der Waals surface area contributed by atoms with Gasteiger partial charge in [-0.3, -0.25) is 9.59 Å². The van der Waals surface area contributed by atoms with E-state index in [1.54, 1.807) is 0 Å². The minimum absolute atomic E-state index is 0.215. The summed E-state index contributed by atoms with van der Waals surface area (Å²) in [5.74, 6) is -1.53. The summed E-state index contributed by atoms with van der Waals surface area (Å²) < 4.78 is -0.313. The first-order chi connectivity index (χ1) is 7.54. The number of unbranched alkanes of at least 4 members (excludes halogenated alkanes) is 3. The van der Waals surface area contributed by atoms with E-state index in [9.17, 15) is 9.59 Å². The second-order valence-corrected chi connectivity index (χ2v) is 4.66. The molecule has 0 aliphatic rings. The standard InChI is InChI=1S/C9H15IO4.BrH.K/c10-7(9(13)14)5-3-1-2-4-6-8(11)12;;/h7H,1-6H2,(H,11,12)(H,13,14);1H;/q;;+1/p-1. The van der Waals surface area contributed by atoms with Gasteiger partial charge in [-0.2, -0.15) is 0 Å². The molecule has 0 rings (SSSR count). The van der Waals surface area contributed by atoms with Crippen LogP contribution in [0.15, 0.2) is 0 Å². The Kier molecular flexibility index (Phi) is 18.7. The predicted molar refractivity (Wildman–Crippen MR) is 75.5 cm³/mol. The quantitative estimate of drug-likeness (QED) is 0.267. The van der Waals surface area contributed by atoms with Crippen LogP contribution in [0.5, 0.6) is 0 Å². The van der Waals surface area contributed by atoms with Crippen molar-refractivity contribution in [2.45, 2.75) is 42.4 Å². The number of halogens is 2. The van der Waals surface area contributed by atoms with Crippen molar-refractivity contribution in [2.75, 3.05) is 0 Å². The molecule has 1 atom stereocenters. The van der Waals surface area contributed by atoms with Gasteiger partial charge in [-0.1, -0.05) is 41.9 Å². The van der Waals surface area contributed by atoms with Gasteiger partial charge in [0.05, 0.1) is 0 Å². The average Bonchev–Trinajstić information content (AvgIpc) is 2.25. The molecule has 0 aromatic carbocycles. The molecule has 90 valence electrons. The third kappa shape index (κ3) is 15.8. The molecule has 0 saturated carbocycles. The van der Waals surface area contributed by atoms with Gasteiger partial charge in [0, 0.05) is 6.42 Å². The molecular weight excluding hydrogens is 418 g/mol. The first kappa shape index (κ1) is 20.1. The normalized spacial score (nSPS) is 11.2. The Morgan fingerprint density at radius 2 is 1.62 bits per heavy atom. The SMILES string of the molecule is O=C(O)CCCCCCC(I)C(=O)O.[K][Br]. The van der Waals surface area contributed by atoms with E-state index in [-0.39, 0.29) is 10.3 Å². The molecule has 2 N–H and O–H groups in total. The molecule has 0 radical (unpaired) electrons. The average molecular weight is 433 g/mol. The van der Waals surface area contributed by atoms with Crippen molar-refractivity contribution in [1.82, 2.24) is 0 Å². The Morgan fingerprint density at radius 3 is 2.06 bits per heavy atom. The fourth-order valence-corrected chi connectivity index (χ4v) is 1.52. The van der Waals surface area contributed by atoms with Gasteiger partial charge in [0.1, 0.15) is 3.92 Å². The monoisotopic (exact) mass is 432 g/mol. The van der Waals surface area contributed by atoms with Crippen LogP contribution in [0.1, 0.15) is 38.5 Å². The topological polar surface area (TPSA) is 74.6 Å². The molecule has 0 heterocycles. The van der Waals surface area contributed by atoms with Gasteiger partial charge in [-0.15, -0.1) is 0 Å². The predicted octanol–water partition coefficient (Wildman–Crippen LogP) is 2.76. The van der Waals surface area contributed by atoms with Gasteiger partial charge >= 0.3 is 64.0 Å². The number of aliphatic carboxylic acids is 2. The Hall–Kier alpha value is 1.79. The van der Waals surface area contributed by atoms with Crippen LogP contribution in [0.4, 0.5) is 0 Å². The van der Waals surface area contributed by atoms with Crippen LogP contribution in [0, 0.1) is 0 Å². The zero-order chi connectivity index (χ0) is 13.0. The number of rotatable bonds is 8. The van der Waals surface area contributed by atoms with E-state index in [0.29, 0.717) is 12.8 Å². The molecule has 0 aromatic rings. The van der Waals surface area contributed by atoms with E-state index in [4.69, 9.17) is 10.2 Å². The molecular formula is C9H15BrIKO4. The fraction of sp³-hybridized carbons (Fsp3) is 0.778. The van der Waals surface area contributed by atoms with Crippen LogP contribution in [0.3, 0.4) is 0 Å². The van der Waals surface area contributed by atoms with Gasteiger partial charge in [0.25, 0.3) is 0 Å². The van der Waals surface area contributed by atoms with E-state index in [0.717, 1.165) is 64.7 Å². The molecule has 16 heavy (non-hydrogen) atoms. The van der Waals surface area contributed by atoms with Crippen molar-refractivity contribution in [2.24, 2.45) is 0 Å². The summed E-state index contributed by atoms with van der Waals surface area (Å²) in [5.41, 5.74) is 0. The third-order valence-electron chi connectivity index (χ3n) is 1.87. The van der Waals surface area contributed by atoms with Crippen LogP contribution in [0.2, 0.25) is 0 Å². The van der Waals surface area contributed by atoms with E-state index in [2.05, 4.69) is 6.60 Å². The number of carboxylic acid groups (broad SMARTS) is 2. The molecule has 0 aliphatic heterocycles. The maximum atomic E-state index is 10.4. The number of carbonyl (C=O) groups is 2. The fourth-order valence-electron chi connectivity index (χ4n) is 1.08. The number of alkyl halides is 1. The molecule has 1 unspecified atom stereocenters. The maximum absolute atomic E-state index is 10.4. The van der Waals surface area contributed by atoms with Crippen molar-refractivity contribution in [1.29, 1.82) is 0 Å².